The molecule has 2 N–H and O–H groups in total. The van der Waals surface area contributed by atoms with Crippen LogP contribution in [0.2, 0.25) is 0 Å². The topological polar surface area (TPSA) is 30.9 Å². The third-order valence-corrected chi connectivity index (χ3v) is 3.40. The molecule has 2 nitrogen and oxygen atoms in total. The van der Waals surface area contributed by atoms with Gasteiger partial charge in [-0.25, -0.2) is 8.78 Å². The molecule has 1 heterocycles. The number of hydrogen-bond donors (Lipinski definition) is 1. The van der Waals surface area contributed by atoms with Crippen molar-refractivity contribution in [3.8, 4) is 0 Å². The van der Waals surface area contributed by atoms with Crippen molar-refractivity contribution in [2.45, 2.75) is 13.1 Å². The zero-order chi connectivity index (χ0) is 14.1. The third kappa shape index (κ3) is 2.30. The lowest BCUT2D eigenvalue weighted by atomic mass is 10.1. The van der Waals surface area contributed by atoms with Crippen LogP contribution in [0, 0.1) is 11.6 Å². The van der Waals surface area contributed by atoms with Gasteiger partial charge in [-0.1, -0.05) is 12.1 Å². The Morgan fingerprint density at radius 3 is 2.45 bits per heavy atom. The van der Waals surface area contributed by atoms with Gasteiger partial charge < -0.3 is 10.3 Å². The van der Waals surface area contributed by atoms with E-state index >= 15 is 0 Å². The van der Waals surface area contributed by atoms with E-state index in [2.05, 4.69) is 0 Å². The average Bonchev–Trinajstić information content (AvgIpc) is 2.81. The molecule has 1 aromatic heterocycles. The molecule has 0 aliphatic carbocycles. The van der Waals surface area contributed by atoms with Crippen molar-refractivity contribution in [1.29, 1.82) is 0 Å². The van der Waals surface area contributed by atoms with E-state index in [1.165, 1.54) is 12.1 Å². The summed E-state index contributed by atoms with van der Waals surface area (Å²) in [5.41, 5.74) is 8.38. The second-order valence-electron chi connectivity index (χ2n) is 4.78. The Hall–Kier alpha value is -2.20. The van der Waals surface area contributed by atoms with Gasteiger partial charge in [0.2, 0.25) is 0 Å². The SMILES string of the molecule is NCc1cccc2c1ccn2Cc1cc(F)cc(F)c1. The highest BCUT2D eigenvalue weighted by Crippen LogP contribution is 2.21. The van der Waals surface area contributed by atoms with Crippen molar-refractivity contribution in [3.63, 3.8) is 0 Å². The first-order valence-corrected chi connectivity index (χ1v) is 6.39. The van der Waals surface area contributed by atoms with Crippen LogP contribution in [0.4, 0.5) is 8.78 Å². The molecule has 0 aliphatic heterocycles. The second-order valence-corrected chi connectivity index (χ2v) is 4.78. The number of nitrogens with two attached hydrogens (primary N) is 1. The monoisotopic (exact) mass is 272 g/mol. The predicted octanol–water partition coefficient (Wildman–Crippen LogP) is 3.43. The molecule has 3 rings (SSSR count). The summed E-state index contributed by atoms with van der Waals surface area (Å²) in [6.07, 6.45) is 1.91. The van der Waals surface area contributed by atoms with E-state index in [0.29, 0.717) is 18.7 Å². The molecule has 0 unspecified atom stereocenters. The lowest BCUT2D eigenvalue weighted by Gasteiger charge is -2.07. The van der Waals surface area contributed by atoms with Gasteiger partial charge in [-0.15, -0.1) is 0 Å². The van der Waals surface area contributed by atoms with Crippen molar-refractivity contribution in [1.82, 2.24) is 4.57 Å². The van der Waals surface area contributed by atoms with Crippen LogP contribution in [-0.4, -0.2) is 4.57 Å². The first kappa shape index (κ1) is 12.8. The molecule has 0 saturated heterocycles. The molecule has 3 aromatic rings. The van der Waals surface area contributed by atoms with Gasteiger partial charge in [0.05, 0.1) is 0 Å². The fourth-order valence-electron chi connectivity index (χ4n) is 2.50. The van der Waals surface area contributed by atoms with Gasteiger partial charge in [-0.3, -0.25) is 0 Å². The average molecular weight is 272 g/mol. The standard InChI is InChI=1S/C16H14F2N2/c17-13-6-11(7-14(18)8-13)10-20-5-4-15-12(9-19)2-1-3-16(15)20/h1-8H,9-10,19H2. The van der Waals surface area contributed by atoms with Gasteiger partial charge in [0.15, 0.2) is 0 Å². The van der Waals surface area contributed by atoms with Gasteiger partial charge in [0, 0.05) is 36.3 Å². The molecular weight excluding hydrogens is 258 g/mol. The Balaban J connectivity index is 2.03. The van der Waals surface area contributed by atoms with Gasteiger partial charge in [0.25, 0.3) is 0 Å². The van der Waals surface area contributed by atoms with Crippen LogP contribution in [0.25, 0.3) is 10.9 Å². The van der Waals surface area contributed by atoms with E-state index in [9.17, 15) is 8.78 Å². The van der Waals surface area contributed by atoms with Crippen molar-refractivity contribution in [2.24, 2.45) is 5.73 Å². The van der Waals surface area contributed by atoms with Crippen LogP contribution in [-0.2, 0) is 13.1 Å². The maximum absolute atomic E-state index is 13.2. The van der Waals surface area contributed by atoms with Crippen molar-refractivity contribution < 1.29 is 8.78 Å². The number of benzene rings is 2. The number of hydrogen-bond acceptors (Lipinski definition) is 1. The molecule has 20 heavy (non-hydrogen) atoms. The zero-order valence-corrected chi connectivity index (χ0v) is 10.8. The Kier molecular flexibility index (Phi) is 3.24. The molecule has 0 aliphatic rings. The first-order chi connectivity index (χ1) is 9.67. The molecule has 0 radical (unpaired) electrons. The molecule has 0 atom stereocenters. The molecule has 0 saturated carbocycles. The smallest absolute Gasteiger partial charge is 0.126 e. The highest BCUT2D eigenvalue weighted by molar-refractivity contribution is 5.83. The van der Waals surface area contributed by atoms with E-state index in [1.54, 1.807) is 0 Å². The Morgan fingerprint density at radius 1 is 1.00 bits per heavy atom. The summed E-state index contributed by atoms with van der Waals surface area (Å²) in [5, 5.41) is 1.08. The van der Waals surface area contributed by atoms with Crippen LogP contribution >= 0.6 is 0 Å². The largest absolute Gasteiger partial charge is 0.343 e. The van der Waals surface area contributed by atoms with Gasteiger partial charge in [0.1, 0.15) is 11.6 Å². The fraction of sp³-hybridized carbons (Fsp3) is 0.125. The van der Waals surface area contributed by atoms with Crippen LogP contribution in [0.1, 0.15) is 11.1 Å². The van der Waals surface area contributed by atoms with Gasteiger partial charge in [-0.05, 0) is 35.4 Å². The summed E-state index contributed by atoms with van der Waals surface area (Å²) >= 11 is 0. The van der Waals surface area contributed by atoms with Gasteiger partial charge in [-0.2, -0.15) is 0 Å². The molecule has 0 amide bonds. The van der Waals surface area contributed by atoms with Crippen molar-refractivity contribution in [2.75, 3.05) is 0 Å². The minimum absolute atomic E-state index is 0.423. The maximum Gasteiger partial charge on any atom is 0.126 e. The Labute approximate surface area is 115 Å². The van der Waals surface area contributed by atoms with Crippen LogP contribution in [0.3, 0.4) is 0 Å². The third-order valence-electron chi connectivity index (χ3n) is 3.40. The number of fused-ring (bicyclic) bond motifs is 1. The number of halogens is 2. The fourth-order valence-corrected chi connectivity index (χ4v) is 2.50. The van der Waals surface area contributed by atoms with Crippen LogP contribution in [0.5, 0.6) is 0 Å². The van der Waals surface area contributed by atoms with Crippen molar-refractivity contribution >= 4 is 10.9 Å². The molecule has 0 bridgehead atoms. The summed E-state index contributed by atoms with van der Waals surface area (Å²) < 4.78 is 28.4. The summed E-state index contributed by atoms with van der Waals surface area (Å²) in [7, 11) is 0. The predicted molar refractivity (Wildman–Crippen MR) is 75.3 cm³/mol. The summed E-state index contributed by atoms with van der Waals surface area (Å²) in [6.45, 7) is 0.891. The Bertz CT molecular complexity index is 742. The summed E-state index contributed by atoms with van der Waals surface area (Å²) in [4.78, 5) is 0. The van der Waals surface area contributed by atoms with Gasteiger partial charge >= 0.3 is 0 Å². The summed E-state index contributed by atoms with van der Waals surface area (Å²) in [6, 6.07) is 11.5. The van der Waals surface area contributed by atoms with Crippen LogP contribution < -0.4 is 5.73 Å². The van der Waals surface area contributed by atoms with Crippen LogP contribution in [0.15, 0.2) is 48.7 Å². The molecular formula is C16H14F2N2. The van der Waals surface area contributed by atoms with E-state index in [4.69, 9.17) is 5.73 Å². The molecule has 4 heteroatoms. The van der Waals surface area contributed by atoms with E-state index < -0.39 is 11.6 Å². The quantitative estimate of drug-likeness (QED) is 0.778. The number of nitrogens with zero attached hydrogens (tertiary/aromatic N) is 1. The number of aromatic nitrogens is 1. The van der Waals surface area contributed by atoms with E-state index in [0.717, 1.165) is 22.5 Å². The first-order valence-electron chi connectivity index (χ1n) is 6.39. The van der Waals surface area contributed by atoms with E-state index in [-0.39, 0.29) is 0 Å². The Morgan fingerprint density at radius 2 is 1.75 bits per heavy atom. The normalized spacial score (nSPS) is 11.2. The number of rotatable bonds is 3. The van der Waals surface area contributed by atoms with Crippen molar-refractivity contribution in [3.05, 3.63) is 71.4 Å². The second kappa shape index (κ2) is 5.06. The van der Waals surface area contributed by atoms with E-state index in [1.807, 2.05) is 35.0 Å². The highest BCUT2D eigenvalue weighted by Gasteiger charge is 2.06. The minimum atomic E-state index is -0.556. The molecule has 0 spiro atoms. The summed E-state index contributed by atoms with van der Waals surface area (Å²) in [5.74, 6) is -1.11. The molecule has 0 fully saturated rings. The minimum Gasteiger partial charge on any atom is -0.343 e. The highest BCUT2D eigenvalue weighted by atomic mass is 19.1. The zero-order valence-electron chi connectivity index (χ0n) is 10.8. The maximum atomic E-state index is 13.2. The molecule has 2 aromatic carbocycles. The lowest BCUT2D eigenvalue weighted by Crippen LogP contribution is -2.00. The lowest BCUT2D eigenvalue weighted by molar-refractivity contribution is 0.578. The molecule has 102 valence electrons.